The lowest BCUT2D eigenvalue weighted by Crippen LogP contribution is -2.45. The van der Waals surface area contributed by atoms with Gasteiger partial charge in [-0.1, -0.05) is 54.6 Å². The second-order valence-corrected chi connectivity index (χ2v) is 8.30. The van der Waals surface area contributed by atoms with E-state index in [1.807, 2.05) is 36.5 Å². The molecule has 36 heavy (non-hydrogen) atoms. The van der Waals surface area contributed by atoms with Crippen molar-refractivity contribution in [3.8, 4) is 11.5 Å². The van der Waals surface area contributed by atoms with Crippen LogP contribution in [0, 0.1) is 0 Å². The first kappa shape index (κ1) is 24.7. The van der Waals surface area contributed by atoms with E-state index in [4.69, 9.17) is 15.2 Å². The number of esters is 2. The number of carbonyl (C=O) groups is 3. The van der Waals surface area contributed by atoms with Crippen molar-refractivity contribution in [2.45, 2.75) is 31.3 Å². The molecule has 4 rings (SSSR count). The van der Waals surface area contributed by atoms with E-state index in [0.717, 1.165) is 16.5 Å². The predicted molar refractivity (Wildman–Crippen MR) is 135 cm³/mol. The van der Waals surface area contributed by atoms with Crippen molar-refractivity contribution in [1.82, 2.24) is 10.3 Å². The SMILES string of the molecule is N[C@H](CCC(=O)N[C@H](Cc1c[nH]c2ccccc12)C(=O)Oc1ccccc1)C(=O)Oc1ccccc1. The maximum Gasteiger partial charge on any atom is 0.334 e. The van der Waals surface area contributed by atoms with Gasteiger partial charge in [0.25, 0.3) is 0 Å². The maximum absolute atomic E-state index is 13.0. The molecule has 1 heterocycles. The minimum Gasteiger partial charge on any atom is -0.425 e. The molecule has 8 nitrogen and oxygen atoms in total. The Hall–Kier alpha value is -4.43. The first-order valence-electron chi connectivity index (χ1n) is 11.6. The van der Waals surface area contributed by atoms with Crippen LogP contribution in [0.1, 0.15) is 18.4 Å². The van der Waals surface area contributed by atoms with Crippen molar-refractivity contribution < 1.29 is 23.9 Å². The molecule has 1 aromatic heterocycles. The third-order valence-electron chi connectivity index (χ3n) is 5.63. The third kappa shape index (κ3) is 6.58. The number of rotatable bonds is 10. The molecule has 0 aliphatic heterocycles. The summed E-state index contributed by atoms with van der Waals surface area (Å²) in [4.78, 5) is 41.2. The average molecular weight is 486 g/mol. The second-order valence-electron chi connectivity index (χ2n) is 8.30. The molecule has 0 aliphatic rings. The molecule has 1 amide bonds. The van der Waals surface area contributed by atoms with E-state index in [2.05, 4.69) is 10.3 Å². The van der Waals surface area contributed by atoms with Gasteiger partial charge < -0.3 is 25.5 Å². The smallest absolute Gasteiger partial charge is 0.334 e. The summed E-state index contributed by atoms with van der Waals surface area (Å²) in [6.07, 6.45) is 2.04. The van der Waals surface area contributed by atoms with Gasteiger partial charge in [0.05, 0.1) is 0 Å². The summed E-state index contributed by atoms with van der Waals surface area (Å²) in [6, 6.07) is 23.0. The third-order valence-corrected chi connectivity index (χ3v) is 5.63. The zero-order chi connectivity index (χ0) is 25.3. The van der Waals surface area contributed by atoms with Gasteiger partial charge in [-0.25, -0.2) is 9.59 Å². The summed E-state index contributed by atoms with van der Waals surface area (Å²) in [5.41, 5.74) is 7.72. The van der Waals surface area contributed by atoms with E-state index in [-0.39, 0.29) is 19.3 Å². The van der Waals surface area contributed by atoms with Gasteiger partial charge in [-0.2, -0.15) is 0 Å². The van der Waals surface area contributed by atoms with Crippen molar-refractivity contribution in [2.24, 2.45) is 5.73 Å². The summed E-state index contributed by atoms with van der Waals surface area (Å²) < 4.78 is 10.7. The van der Waals surface area contributed by atoms with Crippen LogP contribution in [0.5, 0.6) is 11.5 Å². The molecule has 0 saturated heterocycles. The van der Waals surface area contributed by atoms with Crippen LogP contribution >= 0.6 is 0 Å². The van der Waals surface area contributed by atoms with Crippen LogP contribution < -0.4 is 20.5 Å². The molecule has 4 aromatic rings. The van der Waals surface area contributed by atoms with Gasteiger partial charge in [0.1, 0.15) is 23.6 Å². The van der Waals surface area contributed by atoms with Gasteiger partial charge in [-0.3, -0.25) is 4.79 Å². The Kier molecular flexibility index (Phi) is 8.10. The van der Waals surface area contributed by atoms with E-state index >= 15 is 0 Å². The highest BCUT2D eigenvalue weighted by Gasteiger charge is 2.26. The molecule has 0 fully saturated rings. The normalized spacial score (nSPS) is 12.5. The number of para-hydroxylation sites is 3. The highest BCUT2D eigenvalue weighted by molar-refractivity contribution is 5.88. The first-order valence-corrected chi connectivity index (χ1v) is 11.6. The van der Waals surface area contributed by atoms with E-state index in [1.165, 1.54) is 0 Å². The van der Waals surface area contributed by atoms with Gasteiger partial charge in [0.15, 0.2) is 0 Å². The highest BCUT2D eigenvalue weighted by Crippen LogP contribution is 2.20. The number of aromatic nitrogens is 1. The number of H-pyrrole nitrogens is 1. The maximum atomic E-state index is 13.0. The minimum absolute atomic E-state index is 0.0606. The fraction of sp³-hybridized carbons (Fsp3) is 0.179. The first-order chi connectivity index (χ1) is 17.5. The molecule has 4 N–H and O–H groups in total. The molecular weight excluding hydrogens is 458 g/mol. The molecule has 0 unspecified atom stereocenters. The number of nitrogens with one attached hydrogen (secondary N) is 2. The van der Waals surface area contributed by atoms with Gasteiger partial charge >= 0.3 is 11.9 Å². The van der Waals surface area contributed by atoms with E-state index in [1.54, 1.807) is 54.6 Å². The number of carbonyl (C=O) groups excluding carboxylic acids is 3. The van der Waals surface area contributed by atoms with E-state index in [0.29, 0.717) is 11.5 Å². The van der Waals surface area contributed by atoms with E-state index in [9.17, 15) is 14.4 Å². The van der Waals surface area contributed by atoms with Crippen LogP contribution in [0.3, 0.4) is 0 Å². The average Bonchev–Trinajstić information content (AvgIpc) is 3.31. The molecule has 3 aromatic carbocycles. The predicted octanol–water partition coefficient (Wildman–Crippen LogP) is 3.51. The Morgan fingerprint density at radius 2 is 1.39 bits per heavy atom. The number of aromatic amines is 1. The van der Waals surface area contributed by atoms with Crippen LogP contribution in [-0.2, 0) is 20.8 Å². The van der Waals surface area contributed by atoms with Crippen molar-refractivity contribution in [1.29, 1.82) is 0 Å². The molecule has 2 atom stereocenters. The molecule has 184 valence electrons. The minimum atomic E-state index is -0.987. The van der Waals surface area contributed by atoms with Crippen LogP contribution in [0.4, 0.5) is 0 Å². The standard InChI is InChI=1S/C28H27N3O5/c29-23(27(33)35-20-9-3-1-4-10-20)15-16-26(32)31-25(28(34)36-21-11-5-2-6-12-21)17-19-18-30-24-14-8-7-13-22(19)24/h1-14,18,23,25,30H,15-17,29H2,(H,31,32)/t23-,25-/m1/s1. The Morgan fingerprint density at radius 3 is 2.06 bits per heavy atom. The lowest BCUT2D eigenvalue weighted by atomic mass is 10.0. The number of nitrogens with two attached hydrogens (primary N) is 1. The molecule has 8 heteroatoms. The summed E-state index contributed by atoms with van der Waals surface area (Å²) in [6.45, 7) is 0. The van der Waals surface area contributed by atoms with Crippen molar-refractivity contribution in [3.05, 3.63) is 96.7 Å². The lowest BCUT2D eigenvalue weighted by molar-refractivity contribution is -0.140. The van der Waals surface area contributed by atoms with Crippen molar-refractivity contribution in [3.63, 3.8) is 0 Å². The van der Waals surface area contributed by atoms with Crippen molar-refractivity contribution in [2.75, 3.05) is 0 Å². The quantitative estimate of drug-likeness (QED) is 0.233. The van der Waals surface area contributed by atoms with Gasteiger partial charge in [-0.05, 0) is 42.3 Å². The molecule has 0 radical (unpaired) electrons. The molecular formula is C28H27N3O5. The number of ether oxygens (including phenoxy) is 2. The molecule has 0 spiro atoms. The fourth-order valence-electron chi connectivity index (χ4n) is 3.74. The Morgan fingerprint density at radius 1 is 0.806 bits per heavy atom. The van der Waals surface area contributed by atoms with Gasteiger partial charge in [-0.15, -0.1) is 0 Å². The molecule has 0 aliphatic carbocycles. The van der Waals surface area contributed by atoms with Crippen LogP contribution in [0.2, 0.25) is 0 Å². The Bertz CT molecular complexity index is 1320. The molecule has 0 saturated carbocycles. The van der Waals surface area contributed by atoms with Crippen LogP contribution in [0.25, 0.3) is 10.9 Å². The van der Waals surface area contributed by atoms with E-state index < -0.39 is 29.9 Å². The second kappa shape index (κ2) is 11.8. The summed E-state index contributed by atoms with van der Waals surface area (Å²) >= 11 is 0. The summed E-state index contributed by atoms with van der Waals surface area (Å²) in [5.74, 6) is -0.885. The Labute approximate surface area is 208 Å². The monoisotopic (exact) mass is 485 g/mol. The number of fused-ring (bicyclic) bond motifs is 1. The zero-order valence-electron chi connectivity index (χ0n) is 19.6. The van der Waals surface area contributed by atoms with Crippen LogP contribution in [0.15, 0.2) is 91.1 Å². The number of benzene rings is 3. The zero-order valence-corrected chi connectivity index (χ0v) is 19.6. The van der Waals surface area contributed by atoms with Crippen LogP contribution in [-0.4, -0.2) is 34.9 Å². The lowest BCUT2D eigenvalue weighted by Gasteiger charge is -2.18. The Balaban J connectivity index is 1.40. The van der Waals surface area contributed by atoms with Gasteiger partial charge in [0.2, 0.25) is 5.91 Å². The molecule has 0 bridgehead atoms. The number of hydrogen-bond donors (Lipinski definition) is 3. The fourth-order valence-corrected chi connectivity index (χ4v) is 3.74. The summed E-state index contributed by atoms with van der Waals surface area (Å²) in [7, 11) is 0. The summed E-state index contributed by atoms with van der Waals surface area (Å²) in [5, 5.41) is 3.70. The van der Waals surface area contributed by atoms with Crippen molar-refractivity contribution >= 4 is 28.7 Å². The highest BCUT2D eigenvalue weighted by atomic mass is 16.5. The number of hydrogen-bond acceptors (Lipinski definition) is 6. The largest absolute Gasteiger partial charge is 0.425 e. The number of amides is 1. The van der Waals surface area contributed by atoms with Gasteiger partial charge in [0, 0.05) is 29.9 Å². The topological polar surface area (TPSA) is 124 Å².